The molecular formula is C23H24N4O. The molecule has 1 aliphatic carbocycles. The first-order valence-electron chi connectivity index (χ1n) is 9.63. The molecule has 5 nitrogen and oxygen atoms in total. The molecule has 142 valence electrons. The summed E-state index contributed by atoms with van der Waals surface area (Å²) in [6, 6.07) is 16.2. The number of carbonyl (C=O) groups excluding carboxylic acids is 1. The Labute approximate surface area is 165 Å². The second-order valence-corrected chi connectivity index (χ2v) is 7.10. The molecule has 0 unspecified atom stereocenters. The number of hydrogen-bond donors (Lipinski definition) is 1. The van der Waals surface area contributed by atoms with Crippen molar-refractivity contribution in [2.75, 3.05) is 19.4 Å². The highest BCUT2D eigenvalue weighted by molar-refractivity contribution is 5.95. The highest BCUT2D eigenvalue weighted by atomic mass is 16.2. The van der Waals surface area contributed by atoms with Gasteiger partial charge in [0.15, 0.2) is 5.82 Å². The molecule has 0 saturated heterocycles. The fourth-order valence-corrected chi connectivity index (χ4v) is 3.98. The number of anilines is 1. The Bertz CT molecular complexity index is 984. The van der Waals surface area contributed by atoms with Crippen molar-refractivity contribution < 1.29 is 4.79 Å². The Hall–Kier alpha value is -3.21. The zero-order chi connectivity index (χ0) is 19.5. The number of benzene rings is 2. The van der Waals surface area contributed by atoms with Gasteiger partial charge in [-0.15, -0.1) is 0 Å². The summed E-state index contributed by atoms with van der Waals surface area (Å²) in [5.74, 6) is 0.763. The van der Waals surface area contributed by atoms with E-state index in [2.05, 4.69) is 39.6 Å². The van der Waals surface area contributed by atoms with Gasteiger partial charge in [0.2, 0.25) is 0 Å². The standard InChI is InChI=1S/C23H24N4O/c1-24-22-21(25-14-15-26-22)17-10-12-18(13-11-17)23(28)27(2)20-9-5-7-16-6-3-4-8-19(16)20/h3-4,6,8,10-15,20H,5,7,9H2,1-2H3,(H,24,26)/t20-/m0/s1. The summed E-state index contributed by atoms with van der Waals surface area (Å²) >= 11 is 0. The van der Waals surface area contributed by atoms with Gasteiger partial charge in [-0.05, 0) is 42.5 Å². The Morgan fingerprint density at radius 3 is 2.61 bits per heavy atom. The van der Waals surface area contributed by atoms with E-state index in [0.717, 1.165) is 36.3 Å². The van der Waals surface area contributed by atoms with Crippen LogP contribution in [0, 0.1) is 0 Å². The molecule has 0 bridgehead atoms. The minimum absolute atomic E-state index is 0.0428. The van der Waals surface area contributed by atoms with Gasteiger partial charge in [0, 0.05) is 37.6 Å². The van der Waals surface area contributed by atoms with Crippen LogP contribution in [0.15, 0.2) is 60.9 Å². The van der Waals surface area contributed by atoms with Crippen molar-refractivity contribution in [2.24, 2.45) is 0 Å². The molecule has 4 rings (SSSR count). The van der Waals surface area contributed by atoms with Crippen LogP contribution in [0.5, 0.6) is 0 Å². The number of aromatic nitrogens is 2. The molecule has 1 atom stereocenters. The summed E-state index contributed by atoms with van der Waals surface area (Å²) in [6.07, 6.45) is 6.53. The van der Waals surface area contributed by atoms with E-state index in [0.29, 0.717) is 5.56 Å². The number of aryl methyl sites for hydroxylation is 1. The number of carbonyl (C=O) groups is 1. The SMILES string of the molecule is CNc1nccnc1-c1ccc(C(=O)N(C)[C@H]2CCCc3ccccc32)cc1. The average Bonchev–Trinajstić information content (AvgIpc) is 2.77. The van der Waals surface area contributed by atoms with Gasteiger partial charge < -0.3 is 10.2 Å². The molecule has 0 fully saturated rings. The third-order valence-corrected chi connectivity index (χ3v) is 5.47. The summed E-state index contributed by atoms with van der Waals surface area (Å²) in [7, 11) is 3.73. The van der Waals surface area contributed by atoms with Gasteiger partial charge in [-0.2, -0.15) is 0 Å². The first kappa shape index (κ1) is 18.2. The van der Waals surface area contributed by atoms with Gasteiger partial charge in [0.25, 0.3) is 5.91 Å². The maximum atomic E-state index is 13.1. The molecule has 0 radical (unpaired) electrons. The molecular weight excluding hydrogens is 348 g/mol. The average molecular weight is 372 g/mol. The fourth-order valence-electron chi connectivity index (χ4n) is 3.98. The van der Waals surface area contributed by atoms with Gasteiger partial charge in [0.05, 0.1) is 6.04 Å². The molecule has 3 aromatic rings. The van der Waals surface area contributed by atoms with Gasteiger partial charge >= 0.3 is 0 Å². The van der Waals surface area contributed by atoms with E-state index in [1.807, 2.05) is 43.3 Å². The van der Waals surface area contributed by atoms with Crippen molar-refractivity contribution in [1.29, 1.82) is 0 Å². The van der Waals surface area contributed by atoms with Crippen molar-refractivity contribution in [3.63, 3.8) is 0 Å². The lowest BCUT2D eigenvalue weighted by molar-refractivity contribution is 0.0715. The summed E-state index contributed by atoms with van der Waals surface area (Å²) in [6.45, 7) is 0. The Morgan fingerprint density at radius 2 is 1.82 bits per heavy atom. The van der Waals surface area contributed by atoms with Crippen molar-refractivity contribution >= 4 is 11.7 Å². The molecule has 28 heavy (non-hydrogen) atoms. The number of fused-ring (bicyclic) bond motifs is 1. The molecule has 2 aromatic carbocycles. The van der Waals surface area contributed by atoms with Crippen LogP contribution in [0.4, 0.5) is 5.82 Å². The third kappa shape index (κ3) is 3.36. The quantitative estimate of drug-likeness (QED) is 0.740. The zero-order valence-electron chi connectivity index (χ0n) is 16.2. The molecule has 0 aliphatic heterocycles. The predicted octanol–water partition coefficient (Wildman–Crippen LogP) is 4.33. The lowest BCUT2D eigenvalue weighted by Crippen LogP contribution is -2.33. The maximum Gasteiger partial charge on any atom is 0.254 e. The lowest BCUT2D eigenvalue weighted by atomic mass is 9.87. The summed E-state index contributed by atoms with van der Waals surface area (Å²) in [4.78, 5) is 23.7. The highest BCUT2D eigenvalue weighted by Crippen LogP contribution is 2.34. The summed E-state index contributed by atoms with van der Waals surface area (Å²) in [5.41, 5.74) is 5.03. The zero-order valence-corrected chi connectivity index (χ0v) is 16.2. The van der Waals surface area contributed by atoms with Crippen LogP contribution in [0.2, 0.25) is 0 Å². The van der Waals surface area contributed by atoms with Crippen LogP contribution >= 0.6 is 0 Å². The molecule has 1 heterocycles. The lowest BCUT2D eigenvalue weighted by Gasteiger charge is -2.33. The molecule has 1 amide bonds. The van der Waals surface area contributed by atoms with Gasteiger partial charge in [-0.25, -0.2) is 4.98 Å². The normalized spacial score (nSPS) is 15.6. The molecule has 1 aromatic heterocycles. The highest BCUT2D eigenvalue weighted by Gasteiger charge is 2.27. The molecule has 5 heteroatoms. The number of hydrogen-bond acceptors (Lipinski definition) is 4. The number of rotatable bonds is 4. The number of nitrogens with zero attached hydrogens (tertiary/aromatic N) is 3. The topological polar surface area (TPSA) is 58.1 Å². The largest absolute Gasteiger partial charge is 0.371 e. The summed E-state index contributed by atoms with van der Waals surface area (Å²) in [5, 5.41) is 3.05. The van der Waals surface area contributed by atoms with Crippen molar-refractivity contribution in [2.45, 2.75) is 25.3 Å². The molecule has 0 saturated carbocycles. The predicted molar refractivity (Wildman–Crippen MR) is 111 cm³/mol. The van der Waals surface area contributed by atoms with Crippen LogP contribution < -0.4 is 5.32 Å². The van der Waals surface area contributed by atoms with Crippen LogP contribution in [0.25, 0.3) is 11.3 Å². The van der Waals surface area contributed by atoms with E-state index >= 15 is 0 Å². The maximum absolute atomic E-state index is 13.1. The van der Waals surface area contributed by atoms with Crippen molar-refractivity contribution in [1.82, 2.24) is 14.9 Å². The van der Waals surface area contributed by atoms with Crippen LogP contribution in [-0.2, 0) is 6.42 Å². The van der Waals surface area contributed by atoms with Crippen molar-refractivity contribution in [3.8, 4) is 11.3 Å². The van der Waals surface area contributed by atoms with E-state index in [1.165, 1.54) is 11.1 Å². The fraction of sp³-hybridized carbons (Fsp3) is 0.261. The van der Waals surface area contributed by atoms with E-state index in [-0.39, 0.29) is 11.9 Å². The number of nitrogens with one attached hydrogen (secondary N) is 1. The van der Waals surface area contributed by atoms with E-state index in [1.54, 1.807) is 12.4 Å². The number of amides is 1. The van der Waals surface area contributed by atoms with Crippen LogP contribution in [0.3, 0.4) is 0 Å². The molecule has 0 spiro atoms. The van der Waals surface area contributed by atoms with Gasteiger partial charge in [-0.1, -0.05) is 36.4 Å². The second kappa shape index (κ2) is 7.80. The Balaban J connectivity index is 1.57. The van der Waals surface area contributed by atoms with Gasteiger partial charge in [-0.3, -0.25) is 9.78 Å². The minimum atomic E-state index is 0.0428. The molecule has 1 N–H and O–H groups in total. The Kier molecular flexibility index (Phi) is 5.06. The second-order valence-electron chi connectivity index (χ2n) is 7.10. The molecule has 1 aliphatic rings. The van der Waals surface area contributed by atoms with E-state index < -0.39 is 0 Å². The van der Waals surface area contributed by atoms with Crippen LogP contribution in [-0.4, -0.2) is 34.9 Å². The van der Waals surface area contributed by atoms with E-state index in [9.17, 15) is 4.79 Å². The van der Waals surface area contributed by atoms with E-state index in [4.69, 9.17) is 0 Å². The smallest absolute Gasteiger partial charge is 0.254 e. The minimum Gasteiger partial charge on any atom is -0.371 e. The Morgan fingerprint density at radius 1 is 1.07 bits per heavy atom. The first-order chi connectivity index (χ1) is 13.7. The third-order valence-electron chi connectivity index (χ3n) is 5.47. The first-order valence-corrected chi connectivity index (χ1v) is 9.63. The summed E-state index contributed by atoms with van der Waals surface area (Å²) < 4.78 is 0. The van der Waals surface area contributed by atoms with Crippen LogP contribution in [0.1, 0.15) is 40.4 Å². The monoisotopic (exact) mass is 372 g/mol. The van der Waals surface area contributed by atoms with Gasteiger partial charge in [0.1, 0.15) is 5.69 Å². The van der Waals surface area contributed by atoms with Crippen molar-refractivity contribution in [3.05, 3.63) is 77.6 Å².